The van der Waals surface area contributed by atoms with E-state index in [1.807, 2.05) is 24.3 Å². The molecule has 4 aromatic rings. The van der Waals surface area contributed by atoms with E-state index in [-0.39, 0.29) is 23.3 Å². The van der Waals surface area contributed by atoms with Crippen molar-refractivity contribution in [2.75, 3.05) is 13.1 Å². The average molecular weight is 463 g/mol. The first kappa shape index (κ1) is 22.3. The Morgan fingerprint density at radius 2 is 1.70 bits per heavy atom. The van der Waals surface area contributed by atoms with E-state index in [0.717, 1.165) is 10.9 Å². The van der Waals surface area contributed by atoms with Crippen molar-refractivity contribution in [3.05, 3.63) is 83.9 Å². The molecule has 33 heavy (non-hydrogen) atoms. The van der Waals surface area contributed by atoms with Crippen LogP contribution in [0.4, 0.5) is 0 Å². The highest BCUT2D eigenvalue weighted by Crippen LogP contribution is 2.30. The van der Waals surface area contributed by atoms with Crippen molar-refractivity contribution >= 4 is 34.5 Å². The zero-order chi connectivity index (χ0) is 23.0. The monoisotopic (exact) mass is 462 g/mol. The van der Waals surface area contributed by atoms with Gasteiger partial charge in [0.25, 0.3) is 11.8 Å². The van der Waals surface area contributed by atoms with Crippen molar-refractivity contribution in [3.63, 3.8) is 0 Å². The number of amides is 2. The summed E-state index contributed by atoms with van der Waals surface area (Å²) in [5, 5.41) is 16.6. The quantitative estimate of drug-likeness (QED) is 0.197. The molecule has 2 aromatic heterocycles. The van der Waals surface area contributed by atoms with E-state index in [2.05, 4.69) is 20.6 Å². The number of thioether (sulfide) groups is 1. The number of carbonyl (C=O) groups is 2. The summed E-state index contributed by atoms with van der Waals surface area (Å²) in [6, 6.07) is 15.4. The van der Waals surface area contributed by atoms with Crippen molar-refractivity contribution in [3.8, 4) is 5.75 Å². The number of fused-ring (bicyclic) bond motifs is 1. The number of nitrogens with one attached hydrogen (secondary N) is 2. The summed E-state index contributed by atoms with van der Waals surface area (Å²) >= 11 is 1.43. The second kappa shape index (κ2) is 10.6. The molecule has 9 heteroatoms. The standard InChI is InChI=1S/C24H22N4O4S/c29-17-7-3-6-16(14-17)22(30)25-10-4-11-26-23(31)21-19(15-33-24-27-12-5-13-28-24)18-8-1-2-9-20(18)32-21/h1-3,5-9,12-14,29H,4,10-11,15H2,(H,25,30)(H,26,31). The third-order valence-electron chi connectivity index (χ3n) is 4.83. The highest BCUT2D eigenvalue weighted by atomic mass is 32.2. The number of aromatic nitrogens is 2. The lowest BCUT2D eigenvalue weighted by Gasteiger charge is -2.07. The number of hydrogen-bond donors (Lipinski definition) is 3. The van der Waals surface area contributed by atoms with E-state index in [1.54, 1.807) is 30.6 Å². The van der Waals surface area contributed by atoms with Crippen LogP contribution in [-0.4, -0.2) is 40.0 Å². The average Bonchev–Trinajstić information content (AvgIpc) is 3.21. The van der Waals surface area contributed by atoms with Crippen molar-refractivity contribution in [1.82, 2.24) is 20.6 Å². The molecular formula is C24H22N4O4S. The number of nitrogens with zero attached hydrogens (tertiary/aromatic N) is 2. The fourth-order valence-corrected chi connectivity index (χ4v) is 4.07. The Morgan fingerprint density at radius 1 is 0.939 bits per heavy atom. The largest absolute Gasteiger partial charge is 0.508 e. The molecule has 0 radical (unpaired) electrons. The first-order valence-corrected chi connectivity index (χ1v) is 11.4. The van der Waals surface area contributed by atoms with Gasteiger partial charge in [-0.1, -0.05) is 36.0 Å². The molecule has 0 aliphatic rings. The van der Waals surface area contributed by atoms with E-state index < -0.39 is 0 Å². The lowest BCUT2D eigenvalue weighted by molar-refractivity contribution is 0.0926. The van der Waals surface area contributed by atoms with E-state index in [1.165, 1.54) is 23.9 Å². The number of rotatable bonds is 9. The Morgan fingerprint density at radius 3 is 2.48 bits per heavy atom. The molecule has 2 heterocycles. The Kier molecular flexibility index (Phi) is 7.21. The van der Waals surface area contributed by atoms with Crippen molar-refractivity contribution in [1.29, 1.82) is 0 Å². The summed E-state index contributed by atoms with van der Waals surface area (Å²) in [6.45, 7) is 0.744. The fraction of sp³-hybridized carbons (Fsp3) is 0.167. The maximum absolute atomic E-state index is 12.8. The molecule has 0 fully saturated rings. The van der Waals surface area contributed by atoms with Crippen molar-refractivity contribution in [2.45, 2.75) is 17.3 Å². The van der Waals surface area contributed by atoms with Crippen LogP contribution in [0.25, 0.3) is 11.0 Å². The lowest BCUT2D eigenvalue weighted by atomic mass is 10.1. The van der Waals surface area contributed by atoms with Crippen LogP contribution in [0.15, 0.2) is 76.6 Å². The number of para-hydroxylation sites is 1. The highest BCUT2D eigenvalue weighted by molar-refractivity contribution is 7.98. The number of furan rings is 1. The molecule has 0 bridgehead atoms. The number of carbonyl (C=O) groups excluding carboxylic acids is 2. The van der Waals surface area contributed by atoms with Gasteiger partial charge in [-0.25, -0.2) is 9.97 Å². The Bertz CT molecular complexity index is 1260. The van der Waals surface area contributed by atoms with Gasteiger partial charge in [-0.05, 0) is 36.8 Å². The fourth-order valence-electron chi connectivity index (χ4n) is 3.24. The zero-order valence-corrected chi connectivity index (χ0v) is 18.5. The van der Waals surface area contributed by atoms with Gasteiger partial charge >= 0.3 is 0 Å². The molecule has 4 rings (SSSR count). The molecule has 0 aliphatic carbocycles. The van der Waals surface area contributed by atoms with Crippen LogP contribution >= 0.6 is 11.8 Å². The summed E-state index contributed by atoms with van der Waals surface area (Å²) in [4.78, 5) is 33.4. The van der Waals surface area contributed by atoms with Crippen LogP contribution in [0, 0.1) is 0 Å². The normalized spacial score (nSPS) is 10.8. The maximum atomic E-state index is 12.8. The Hall–Kier alpha value is -3.85. The predicted molar refractivity (Wildman–Crippen MR) is 125 cm³/mol. The number of phenols is 1. The molecular weight excluding hydrogens is 440 g/mol. The van der Waals surface area contributed by atoms with Crippen LogP contribution in [-0.2, 0) is 5.75 Å². The molecule has 0 saturated heterocycles. The number of hydrogen-bond acceptors (Lipinski definition) is 7. The summed E-state index contributed by atoms with van der Waals surface area (Å²) in [5.41, 5.74) is 1.81. The minimum Gasteiger partial charge on any atom is -0.508 e. The van der Waals surface area contributed by atoms with Gasteiger partial charge in [-0.2, -0.15) is 0 Å². The maximum Gasteiger partial charge on any atom is 0.287 e. The molecule has 168 valence electrons. The van der Waals surface area contributed by atoms with Crippen LogP contribution in [0.1, 0.15) is 32.9 Å². The van der Waals surface area contributed by atoms with E-state index >= 15 is 0 Å². The Balaban J connectivity index is 1.34. The molecule has 0 aliphatic heterocycles. The minimum atomic E-state index is -0.310. The molecule has 2 amide bonds. The molecule has 8 nitrogen and oxygen atoms in total. The number of phenolic OH excluding ortho intramolecular Hbond substituents is 1. The summed E-state index contributed by atoms with van der Waals surface area (Å²) in [6.07, 6.45) is 3.89. The predicted octanol–water partition coefficient (Wildman–Crippen LogP) is 3.77. The van der Waals surface area contributed by atoms with E-state index in [9.17, 15) is 14.7 Å². The minimum absolute atomic E-state index is 0.0357. The van der Waals surface area contributed by atoms with Crippen LogP contribution in [0.5, 0.6) is 5.75 Å². The van der Waals surface area contributed by atoms with E-state index in [4.69, 9.17) is 4.42 Å². The second-order valence-electron chi connectivity index (χ2n) is 7.14. The van der Waals surface area contributed by atoms with Gasteiger partial charge in [-0.3, -0.25) is 9.59 Å². The number of benzene rings is 2. The summed E-state index contributed by atoms with van der Waals surface area (Å²) in [7, 11) is 0. The zero-order valence-electron chi connectivity index (χ0n) is 17.7. The van der Waals surface area contributed by atoms with Gasteiger partial charge in [0.05, 0.1) is 0 Å². The van der Waals surface area contributed by atoms with Gasteiger partial charge in [0.15, 0.2) is 10.9 Å². The topological polar surface area (TPSA) is 117 Å². The number of aromatic hydroxyl groups is 1. The summed E-state index contributed by atoms with van der Waals surface area (Å²) < 4.78 is 5.85. The molecule has 3 N–H and O–H groups in total. The SMILES string of the molecule is O=C(NCCCNC(=O)c1oc2ccccc2c1CSc1ncccn1)c1cccc(O)c1. The van der Waals surface area contributed by atoms with E-state index in [0.29, 0.717) is 41.6 Å². The first-order chi connectivity index (χ1) is 16.1. The first-order valence-electron chi connectivity index (χ1n) is 10.4. The van der Waals surface area contributed by atoms with Gasteiger partial charge < -0.3 is 20.2 Å². The van der Waals surface area contributed by atoms with Gasteiger partial charge in [0.2, 0.25) is 0 Å². The van der Waals surface area contributed by atoms with Gasteiger partial charge in [0, 0.05) is 47.7 Å². The lowest BCUT2D eigenvalue weighted by Crippen LogP contribution is -2.30. The summed E-state index contributed by atoms with van der Waals surface area (Å²) in [5.74, 6) is 0.202. The van der Waals surface area contributed by atoms with Crippen LogP contribution in [0.2, 0.25) is 0 Å². The van der Waals surface area contributed by atoms with Crippen molar-refractivity contribution < 1.29 is 19.1 Å². The van der Waals surface area contributed by atoms with Gasteiger partial charge in [0.1, 0.15) is 11.3 Å². The third-order valence-corrected chi connectivity index (χ3v) is 5.73. The molecule has 0 atom stereocenters. The van der Waals surface area contributed by atoms with Crippen molar-refractivity contribution in [2.24, 2.45) is 0 Å². The van der Waals surface area contributed by atoms with Crippen LogP contribution in [0.3, 0.4) is 0 Å². The second-order valence-corrected chi connectivity index (χ2v) is 8.08. The van der Waals surface area contributed by atoms with Gasteiger partial charge in [-0.15, -0.1) is 0 Å². The molecule has 0 unspecified atom stereocenters. The molecule has 2 aromatic carbocycles. The molecule has 0 spiro atoms. The van der Waals surface area contributed by atoms with Crippen LogP contribution < -0.4 is 10.6 Å². The third kappa shape index (κ3) is 5.69. The molecule has 0 saturated carbocycles. The smallest absolute Gasteiger partial charge is 0.287 e. The Labute approximate surface area is 194 Å². The highest BCUT2D eigenvalue weighted by Gasteiger charge is 2.20.